The van der Waals surface area contributed by atoms with Crippen molar-refractivity contribution >= 4 is 17.5 Å². The van der Waals surface area contributed by atoms with Gasteiger partial charge in [0.1, 0.15) is 6.04 Å². The molecular weight excluding hydrogens is 414 g/mol. The van der Waals surface area contributed by atoms with Crippen LogP contribution in [0.3, 0.4) is 0 Å². The van der Waals surface area contributed by atoms with Crippen LogP contribution in [0.15, 0.2) is 36.4 Å². The van der Waals surface area contributed by atoms with E-state index in [0.717, 1.165) is 12.0 Å². The number of carbonyl (C=O) groups excluding carboxylic acids is 2. The highest BCUT2D eigenvalue weighted by Gasteiger charge is 2.34. The first kappa shape index (κ1) is 23.1. The molecule has 1 saturated heterocycles. The Balaban J connectivity index is 1.61. The van der Waals surface area contributed by atoms with Crippen molar-refractivity contribution < 1.29 is 24.0 Å². The molecular formula is C23H27N3O6. The van der Waals surface area contributed by atoms with E-state index in [4.69, 9.17) is 9.47 Å². The van der Waals surface area contributed by atoms with Crippen molar-refractivity contribution in [1.29, 1.82) is 0 Å². The van der Waals surface area contributed by atoms with Crippen LogP contribution in [0.25, 0.3) is 0 Å². The summed E-state index contributed by atoms with van der Waals surface area (Å²) >= 11 is 0. The molecule has 0 spiro atoms. The lowest BCUT2D eigenvalue weighted by atomic mass is 10.1. The van der Waals surface area contributed by atoms with Gasteiger partial charge in [0.05, 0.1) is 19.1 Å². The molecule has 0 radical (unpaired) electrons. The minimum Gasteiger partial charge on any atom is -0.493 e. The Morgan fingerprint density at radius 3 is 2.56 bits per heavy atom. The molecule has 9 heteroatoms. The van der Waals surface area contributed by atoms with Gasteiger partial charge in [-0.1, -0.05) is 6.07 Å². The average Bonchev–Trinajstić information content (AvgIpc) is 3.28. The quantitative estimate of drug-likeness (QED) is 0.498. The van der Waals surface area contributed by atoms with E-state index in [1.165, 1.54) is 18.2 Å². The van der Waals surface area contributed by atoms with Crippen LogP contribution in [0, 0.1) is 17.0 Å². The lowest BCUT2D eigenvalue weighted by molar-refractivity contribution is -0.385. The smallest absolute Gasteiger partial charge is 0.272 e. The first-order valence-electron chi connectivity index (χ1n) is 10.4. The Labute approximate surface area is 186 Å². The maximum Gasteiger partial charge on any atom is 0.272 e. The number of rotatable bonds is 8. The summed E-state index contributed by atoms with van der Waals surface area (Å²) in [5, 5.41) is 13.9. The van der Waals surface area contributed by atoms with Crippen LogP contribution < -0.4 is 14.8 Å². The van der Waals surface area contributed by atoms with Gasteiger partial charge >= 0.3 is 0 Å². The number of hydrogen-bond acceptors (Lipinski definition) is 6. The van der Waals surface area contributed by atoms with Gasteiger partial charge in [-0.25, -0.2) is 0 Å². The summed E-state index contributed by atoms with van der Waals surface area (Å²) in [6, 6.07) is 9.32. The van der Waals surface area contributed by atoms with Crippen molar-refractivity contribution in [3.8, 4) is 11.5 Å². The summed E-state index contributed by atoms with van der Waals surface area (Å²) in [6.07, 6.45) is 1.92. The molecule has 0 aromatic heterocycles. The number of likely N-dealkylation sites (tertiary alicyclic amines) is 1. The van der Waals surface area contributed by atoms with Crippen molar-refractivity contribution in [2.75, 3.05) is 27.3 Å². The predicted octanol–water partition coefficient (Wildman–Crippen LogP) is 2.88. The number of benzene rings is 2. The van der Waals surface area contributed by atoms with Crippen LogP contribution in [0.2, 0.25) is 0 Å². The van der Waals surface area contributed by atoms with Crippen molar-refractivity contribution in [1.82, 2.24) is 10.2 Å². The SMILES string of the molecule is COc1ccc(CCNC(=O)C2CCCN2C(=O)c2ccc([N+](=O)[O-])c(C)c2)cc1OC. The molecule has 2 aromatic rings. The number of nitrogens with one attached hydrogen (secondary N) is 1. The zero-order valence-electron chi connectivity index (χ0n) is 18.4. The number of ether oxygens (including phenoxy) is 2. The Kier molecular flexibility index (Phi) is 7.29. The highest BCUT2D eigenvalue weighted by molar-refractivity contribution is 5.98. The van der Waals surface area contributed by atoms with Gasteiger partial charge in [-0.3, -0.25) is 19.7 Å². The van der Waals surface area contributed by atoms with E-state index in [9.17, 15) is 19.7 Å². The molecule has 1 heterocycles. The molecule has 9 nitrogen and oxygen atoms in total. The molecule has 1 unspecified atom stereocenters. The van der Waals surface area contributed by atoms with E-state index in [2.05, 4.69) is 5.32 Å². The highest BCUT2D eigenvalue weighted by atomic mass is 16.6. The van der Waals surface area contributed by atoms with Crippen LogP contribution in [0.4, 0.5) is 5.69 Å². The molecule has 32 heavy (non-hydrogen) atoms. The first-order chi connectivity index (χ1) is 15.3. The third-order valence-electron chi connectivity index (χ3n) is 5.62. The fraction of sp³-hybridized carbons (Fsp3) is 0.391. The number of carbonyl (C=O) groups is 2. The largest absolute Gasteiger partial charge is 0.493 e. The second kappa shape index (κ2) is 10.1. The number of nitro benzene ring substituents is 1. The first-order valence-corrected chi connectivity index (χ1v) is 10.4. The van der Waals surface area contributed by atoms with Crippen molar-refractivity contribution in [3.05, 3.63) is 63.2 Å². The van der Waals surface area contributed by atoms with Gasteiger partial charge in [-0.05, 0) is 56.0 Å². The number of amides is 2. The van der Waals surface area contributed by atoms with E-state index >= 15 is 0 Å². The summed E-state index contributed by atoms with van der Waals surface area (Å²) in [5.74, 6) is 0.777. The lowest BCUT2D eigenvalue weighted by Gasteiger charge is -2.24. The van der Waals surface area contributed by atoms with Crippen LogP contribution in [-0.2, 0) is 11.2 Å². The number of hydrogen-bond donors (Lipinski definition) is 1. The third kappa shape index (κ3) is 4.99. The Hall–Kier alpha value is -3.62. The Morgan fingerprint density at radius 2 is 1.91 bits per heavy atom. The fourth-order valence-corrected chi connectivity index (χ4v) is 3.93. The van der Waals surface area contributed by atoms with Gasteiger partial charge in [-0.15, -0.1) is 0 Å². The molecule has 1 fully saturated rings. The van der Waals surface area contributed by atoms with Crippen LogP contribution in [-0.4, -0.2) is 55.0 Å². The minimum atomic E-state index is -0.552. The molecule has 1 N–H and O–H groups in total. The zero-order valence-corrected chi connectivity index (χ0v) is 18.4. The lowest BCUT2D eigenvalue weighted by Crippen LogP contribution is -2.46. The standard InChI is InChI=1S/C23H27N3O6/c1-15-13-17(7-8-18(15)26(29)30)23(28)25-12-4-5-19(25)22(27)24-11-10-16-6-9-20(31-2)21(14-16)32-3/h6-9,13-14,19H,4-5,10-12H2,1-3H3,(H,24,27). The van der Waals surface area contributed by atoms with E-state index < -0.39 is 11.0 Å². The topological polar surface area (TPSA) is 111 Å². The average molecular weight is 441 g/mol. The van der Waals surface area contributed by atoms with Crippen molar-refractivity contribution in [2.24, 2.45) is 0 Å². The molecule has 1 atom stereocenters. The minimum absolute atomic E-state index is 0.0348. The van der Waals surface area contributed by atoms with E-state index in [1.807, 2.05) is 18.2 Å². The van der Waals surface area contributed by atoms with Gasteiger partial charge in [-0.2, -0.15) is 0 Å². The number of aryl methyl sites for hydroxylation is 1. The van der Waals surface area contributed by atoms with E-state index in [0.29, 0.717) is 48.6 Å². The molecule has 1 aliphatic rings. The van der Waals surface area contributed by atoms with Gasteiger partial charge in [0.2, 0.25) is 5.91 Å². The van der Waals surface area contributed by atoms with Crippen molar-refractivity contribution in [2.45, 2.75) is 32.2 Å². The van der Waals surface area contributed by atoms with Gasteiger partial charge in [0.15, 0.2) is 11.5 Å². The summed E-state index contributed by atoms with van der Waals surface area (Å²) in [7, 11) is 3.14. The molecule has 0 aliphatic carbocycles. The van der Waals surface area contributed by atoms with Gasteiger partial charge in [0, 0.05) is 30.3 Å². The van der Waals surface area contributed by atoms with E-state index in [1.54, 1.807) is 26.0 Å². The Bertz CT molecular complexity index is 1020. The van der Waals surface area contributed by atoms with Crippen LogP contribution >= 0.6 is 0 Å². The Morgan fingerprint density at radius 1 is 1.16 bits per heavy atom. The summed E-state index contributed by atoms with van der Waals surface area (Å²) in [5.41, 5.74) is 1.71. The van der Waals surface area contributed by atoms with Crippen molar-refractivity contribution in [3.63, 3.8) is 0 Å². The van der Waals surface area contributed by atoms with Crippen LogP contribution in [0.5, 0.6) is 11.5 Å². The normalized spacial score (nSPS) is 15.3. The number of nitro groups is 1. The van der Waals surface area contributed by atoms with Gasteiger partial charge < -0.3 is 19.7 Å². The molecule has 0 bridgehead atoms. The molecule has 0 saturated carbocycles. The molecule has 170 valence electrons. The molecule has 2 amide bonds. The zero-order chi connectivity index (χ0) is 23.3. The summed E-state index contributed by atoms with van der Waals surface area (Å²) in [4.78, 5) is 37.8. The van der Waals surface area contributed by atoms with E-state index in [-0.39, 0.29) is 17.5 Å². The second-order valence-electron chi connectivity index (χ2n) is 7.65. The molecule has 3 rings (SSSR count). The third-order valence-corrected chi connectivity index (χ3v) is 5.62. The maximum atomic E-state index is 13.0. The molecule has 2 aromatic carbocycles. The highest BCUT2D eigenvalue weighted by Crippen LogP contribution is 2.28. The summed E-state index contributed by atoms with van der Waals surface area (Å²) in [6.45, 7) is 2.49. The fourth-order valence-electron chi connectivity index (χ4n) is 3.93. The number of methoxy groups -OCH3 is 2. The summed E-state index contributed by atoms with van der Waals surface area (Å²) < 4.78 is 10.5. The monoisotopic (exact) mass is 441 g/mol. The maximum absolute atomic E-state index is 13.0. The number of nitrogens with zero attached hydrogens (tertiary/aromatic N) is 2. The predicted molar refractivity (Wildman–Crippen MR) is 118 cm³/mol. The molecule has 1 aliphatic heterocycles. The van der Waals surface area contributed by atoms with Gasteiger partial charge in [0.25, 0.3) is 11.6 Å². The second-order valence-corrected chi connectivity index (χ2v) is 7.65. The van der Waals surface area contributed by atoms with Crippen LogP contribution in [0.1, 0.15) is 34.3 Å².